The minimum Gasteiger partial charge on any atom is -0.330 e. The monoisotopic (exact) mass is 393 g/mol. The molecular formula is C23H24FN3O2. The van der Waals surface area contributed by atoms with E-state index in [-0.39, 0.29) is 29.6 Å². The summed E-state index contributed by atoms with van der Waals surface area (Å²) in [5, 5.41) is 3.36. The van der Waals surface area contributed by atoms with Crippen LogP contribution in [0.1, 0.15) is 57.5 Å². The van der Waals surface area contributed by atoms with Gasteiger partial charge in [-0.3, -0.25) is 9.59 Å². The lowest BCUT2D eigenvalue weighted by Crippen LogP contribution is -2.46. The van der Waals surface area contributed by atoms with Gasteiger partial charge in [0.15, 0.2) is 0 Å². The largest absolute Gasteiger partial charge is 0.330 e. The Morgan fingerprint density at radius 3 is 2.86 bits per heavy atom. The fraction of sp³-hybridized carbons (Fsp3) is 0.391. The van der Waals surface area contributed by atoms with Gasteiger partial charge in [0.05, 0.1) is 5.69 Å². The third-order valence-electron chi connectivity index (χ3n) is 6.41. The number of fused-ring (bicyclic) bond motifs is 2. The Bertz CT molecular complexity index is 1000. The number of carbonyl (C=O) groups excluding carboxylic acids is 2. The normalized spacial score (nSPS) is 23.3. The van der Waals surface area contributed by atoms with Crippen LogP contribution in [0.4, 0.5) is 10.1 Å². The van der Waals surface area contributed by atoms with Crippen LogP contribution in [0.2, 0.25) is 0 Å². The third kappa shape index (κ3) is 3.02. The molecule has 5 rings (SSSR count). The molecule has 1 N–H and O–H groups in total. The standard InChI is InChI=1S/C23H24FN3O2/c1-14-12-27(21-10-17(24)5-7-19(14)21)22(28)15-4-6-20-16(9-15)13-26(23(20)29)18-3-2-8-25-11-18/h4-7,9-10,14,18,25H,2-3,8,11-13H2,1H3/t14-,18?/m0/s1. The summed E-state index contributed by atoms with van der Waals surface area (Å²) in [5.41, 5.74) is 3.78. The molecule has 1 saturated heterocycles. The zero-order valence-corrected chi connectivity index (χ0v) is 16.5. The van der Waals surface area contributed by atoms with Gasteiger partial charge >= 0.3 is 0 Å². The molecule has 5 nitrogen and oxygen atoms in total. The second-order valence-electron chi connectivity index (χ2n) is 8.33. The number of benzene rings is 2. The summed E-state index contributed by atoms with van der Waals surface area (Å²) in [6.45, 7) is 4.94. The Labute approximate surface area is 169 Å². The lowest BCUT2D eigenvalue weighted by Gasteiger charge is -2.31. The molecular weight excluding hydrogens is 369 g/mol. The van der Waals surface area contributed by atoms with Crippen LogP contribution < -0.4 is 10.2 Å². The Morgan fingerprint density at radius 2 is 2.07 bits per heavy atom. The maximum atomic E-state index is 13.8. The highest BCUT2D eigenvalue weighted by atomic mass is 19.1. The van der Waals surface area contributed by atoms with E-state index in [0.29, 0.717) is 29.9 Å². The van der Waals surface area contributed by atoms with Crippen molar-refractivity contribution in [1.29, 1.82) is 0 Å². The molecule has 2 amide bonds. The molecule has 0 aromatic heterocycles. The molecule has 0 spiro atoms. The summed E-state index contributed by atoms with van der Waals surface area (Å²) in [4.78, 5) is 29.6. The van der Waals surface area contributed by atoms with Crippen molar-refractivity contribution in [2.24, 2.45) is 0 Å². The molecule has 2 aromatic carbocycles. The second kappa shape index (κ2) is 6.95. The van der Waals surface area contributed by atoms with Crippen LogP contribution in [0.15, 0.2) is 36.4 Å². The lowest BCUT2D eigenvalue weighted by atomic mass is 10.0. The van der Waals surface area contributed by atoms with Gasteiger partial charge < -0.3 is 15.1 Å². The molecule has 1 unspecified atom stereocenters. The van der Waals surface area contributed by atoms with Gasteiger partial charge in [0.1, 0.15) is 5.82 Å². The zero-order valence-electron chi connectivity index (χ0n) is 16.5. The molecule has 0 saturated carbocycles. The number of nitrogens with zero attached hydrogens (tertiary/aromatic N) is 2. The molecule has 2 aromatic rings. The summed E-state index contributed by atoms with van der Waals surface area (Å²) in [6.07, 6.45) is 2.07. The summed E-state index contributed by atoms with van der Waals surface area (Å²) in [5.74, 6) is -0.268. The maximum Gasteiger partial charge on any atom is 0.258 e. The fourth-order valence-electron chi connectivity index (χ4n) is 4.86. The molecule has 29 heavy (non-hydrogen) atoms. The van der Waals surface area contributed by atoms with Crippen LogP contribution in [0.3, 0.4) is 0 Å². The highest BCUT2D eigenvalue weighted by molar-refractivity contribution is 6.08. The summed E-state index contributed by atoms with van der Waals surface area (Å²) < 4.78 is 13.8. The van der Waals surface area contributed by atoms with E-state index in [1.165, 1.54) is 12.1 Å². The summed E-state index contributed by atoms with van der Waals surface area (Å²) in [7, 11) is 0. The van der Waals surface area contributed by atoms with Gasteiger partial charge in [-0.2, -0.15) is 0 Å². The highest BCUT2D eigenvalue weighted by Gasteiger charge is 2.35. The Kier molecular flexibility index (Phi) is 4.39. The second-order valence-corrected chi connectivity index (χ2v) is 8.33. The topological polar surface area (TPSA) is 52.7 Å². The number of halogens is 1. The number of anilines is 1. The first-order valence-electron chi connectivity index (χ1n) is 10.3. The number of piperidine rings is 1. The van der Waals surface area contributed by atoms with Crippen molar-refractivity contribution in [3.8, 4) is 0 Å². The maximum absolute atomic E-state index is 13.8. The predicted molar refractivity (Wildman–Crippen MR) is 109 cm³/mol. The van der Waals surface area contributed by atoms with E-state index in [2.05, 4.69) is 5.32 Å². The lowest BCUT2D eigenvalue weighted by molar-refractivity contribution is 0.0674. The van der Waals surface area contributed by atoms with Gasteiger partial charge in [0, 0.05) is 42.7 Å². The van der Waals surface area contributed by atoms with E-state index in [0.717, 1.165) is 37.1 Å². The highest BCUT2D eigenvalue weighted by Crippen LogP contribution is 2.37. The van der Waals surface area contributed by atoms with Gasteiger partial charge in [0.2, 0.25) is 0 Å². The molecule has 3 heterocycles. The third-order valence-corrected chi connectivity index (χ3v) is 6.41. The molecule has 3 aliphatic heterocycles. The molecule has 1 fully saturated rings. The summed E-state index contributed by atoms with van der Waals surface area (Å²) in [6, 6.07) is 10.2. The minimum absolute atomic E-state index is 0.0508. The number of hydrogen-bond acceptors (Lipinski definition) is 3. The van der Waals surface area contributed by atoms with E-state index in [1.807, 2.05) is 17.9 Å². The van der Waals surface area contributed by atoms with Crippen LogP contribution in [0.5, 0.6) is 0 Å². The van der Waals surface area contributed by atoms with E-state index >= 15 is 0 Å². The smallest absolute Gasteiger partial charge is 0.258 e. The molecule has 2 atom stereocenters. The Morgan fingerprint density at radius 1 is 1.21 bits per heavy atom. The number of rotatable bonds is 2. The van der Waals surface area contributed by atoms with Crippen molar-refractivity contribution in [2.45, 2.75) is 38.3 Å². The zero-order chi connectivity index (χ0) is 20.1. The number of amides is 2. The van der Waals surface area contributed by atoms with Crippen molar-refractivity contribution >= 4 is 17.5 Å². The molecule has 0 bridgehead atoms. The fourth-order valence-corrected chi connectivity index (χ4v) is 4.86. The van der Waals surface area contributed by atoms with Gasteiger partial charge in [-0.15, -0.1) is 0 Å². The van der Waals surface area contributed by atoms with Gasteiger partial charge in [-0.25, -0.2) is 4.39 Å². The quantitative estimate of drug-likeness (QED) is 0.852. The molecule has 6 heteroatoms. The molecule has 3 aliphatic rings. The molecule has 0 radical (unpaired) electrons. The van der Waals surface area contributed by atoms with Crippen LogP contribution in [0, 0.1) is 5.82 Å². The Balaban J connectivity index is 1.42. The minimum atomic E-state index is -0.341. The average Bonchev–Trinajstić information content (AvgIpc) is 3.24. The van der Waals surface area contributed by atoms with Gasteiger partial charge in [-0.05, 0) is 60.8 Å². The van der Waals surface area contributed by atoms with Crippen LogP contribution in [-0.2, 0) is 6.54 Å². The van der Waals surface area contributed by atoms with E-state index in [9.17, 15) is 14.0 Å². The summed E-state index contributed by atoms with van der Waals surface area (Å²) >= 11 is 0. The van der Waals surface area contributed by atoms with Gasteiger partial charge in [0.25, 0.3) is 11.8 Å². The predicted octanol–water partition coefficient (Wildman–Crippen LogP) is 3.30. The van der Waals surface area contributed by atoms with E-state index in [1.54, 1.807) is 23.1 Å². The van der Waals surface area contributed by atoms with Crippen molar-refractivity contribution in [3.63, 3.8) is 0 Å². The van der Waals surface area contributed by atoms with E-state index in [4.69, 9.17) is 0 Å². The number of carbonyl (C=O) groups is 2. The first-order chi connectivity index (χ1) is 14.0. The van der Waals surface area contributed by atoms with Crippen molar-refractivity contribution in [3.05, 3.63) is 64.5 Å². The van der Waals surface area contributed by atoms with Crippen molar-refractivity contribution in [1.82, 2.24) is 10.2 Å². The first-order valence-corrected chi connectivity index (χ1v) is 10.3. The van der Waals surface area contributed by atoms with Crippen LogP contribution >= 0.6 is 0 Å². The van der Waals surface area contributed by atoms with E-state index < -0.39 is 0 Å². The number of nitrogens with one attached hydrogen (secondary N) is 1. The van der Waals surface area contributed by atoms with Gasteiger partial charge in [-0.1, -0.05) is 13.0 Å². The first kappa shape index (κ1) is 18.3. The van der Waals surface area contributed by atoms with Crippen molar-refractivity contribution < 1.29 is 14.0 Å². The SMILES string of the molecule is C[C@H]1CN(C(=O)c2ccc3c(c2)CN(C2CCCNC2)C3=O)c2cc(F)ccc21. The molecule has 150 valence electrons. The van der Waals surface area contributed by atoms with Crippen LogP contribution in [-0.4, -0.2) is 42.4 Å². The van der Waals surface area contributed by atoms with Crippen LogP contribution in [0.25, 0.3) is 0 Å². The Hall–Kier alpha value is -2.73. The average molecular weight is 393 g/mol. The van der Waals surface area contributed by atoms with Crippen molar-refractivity contribution in [2.75, 3.05) is 24.5 Å². The number of hydrogen-bond donors (Lipinski definition) is 1. The molecule has 0 aliphatic carbocycles.